The van der Waals surface area contributed by atoms with Crippen molar-refractivity contribution in [1.82, 2.24) is 9.29 Å². The van der Waals surface area contributed by atoms with Gasteiger partial charge in [-0.1, -0.05) is 0 Å². The fourth-order valence-electron chi connectivity index (χ4n) is 1.37. The van der Waals surface area contributed by atoms with E-state index in [0.29, 0.717) is 6.54 Å². The van der Waals surface area contributed by atoms with E-state index in [4.69, 9.17) is 0 Å². The SMILES string of the molecule is CNS(=O)(=O)CCn1c(C)ccc1C. The number of hydrogen-bond acceptors (Lipinski definition) is 2. The summed E-state index contributed by atoms with van der Waals surface area (Å²) >= 11 is 0. The minimum Gasteiger partial charge on any atom is -0.348 e. The number of rotatable bonds is 4. The highest BCUT2D eigenvalue weighted by molar-refractivity contribution is 7.89. The van der Waals surface area contributed by atoms with Crippen LogP contribution in [-0.4, -0.2) is 25.8 Å². The highest BCUT2D eigenvalue weighted by Crippen LogP contribution is 2.06. The molecule has 80 valence electrons. The zero-order chi connectivity index (χ0) is 10.8. The summed E-state index contributed by atoms with van der Waals surface area (Å²) < 4.78 is 26.7. The van der Waals surface area contributed by atoms with Crippen molar-refractivity contribution in [3.8, 4) is 0 Å². The van der Waals surface area contributed by atoms with Gasteiger partial charge in [-0.3, -0.25) is 0 Å². The zero-order valence-electron chi connectivity index (χ0n) is 8.74. The lowest BCUT2D eigenvalue weighted by Gasteiger charge is -2.08. The van der Waals surface area contributed by atoms with Gasteiger partial charge in [0.25, 0.3) is 0 Å². The van der Waals surface area contributed by atoms with Gasteiger partial charge in [0.1, 0.15) is 0 Å². The lowest BCUT2D eigenvalue weighted by atomic mass is 10.5. The van der Waals surface area contributed by atoms with Crippen LogP contribution in [0.25, 0.3) is 0 Å². The van der Waals surface area contributed by atoms with E-state index in [1.165, 1.54) is 7.05 Å². The largest absolute Gasteiger partial charge is 0.348 e. The van der Waals surface area contributed by atoms with Crippen molar-refractivity contribution in [2.45, 2.75) is 20.4 Å². The average Bonchev–Trinajstić information content (AvgIpc) is 2.44. The smallest absolute Gasteiger partial charge is 0.213 e. The molecule has 1 heterocycles. The van der Waals surface area contributed by atoms with E-state index < -0.39 is 10.0 Å². The van der Waals surface area contributed by atoms with E-state index in [2.05, 4.69) is 4.72 Å². The first-order valence-electron chi connectivity index (χ1n) is 4.50. The first-order chi connectivity index (χ1) is 6.46. The summed E-state index contributed by atoms with van der Waals surface area (Å²) in [4.78, 5) is 0. The van der Waals surface area contributed by atoms with Crippen molar-refractivity contribution in [3.63, 3.8) is 0 Å². The third-order valence-electron chi connectivity index (χ3n) is 2.31. The Hall–Kier alpha value is -0.810. The Labute approximate surface area is 85.0 Å². The van der Waals surface area contributed by atoms with Crippen molar-refractivity contribution in [2.24, 2.45) is 0 Å². The molecule has 1 rings (SSSR count). The van der Waals surface area contributed by atoms with Crippen molar-refractivity contribution >= 4 is 10.0 Å². The van der Waals surface area contributed by atoms with Crippen LogP contribution in [0.2, 0.25) is 0 Å². The molecule has 4 nitrogen and oxygen atoms in total. The maximum absolute atomic E-state index is 11.2. The molecular formula is C9H16N2O2S. The van der Waals surface area contributed by atoms with Crippen LogP contribution >= 0.6 is 0 Å². The summed E-state index contributed by atoms with van der Waals surface area (Å²) in [6.07, 6.45) is 0. The van der Waals surface area contributed by atoms with Gasteiger partial charge in [-0.05, 0) is 33.0 Å². The van der Waals surface area contributed by atoms with E-state index in [1.807, 2.05) is 30.5 Å². The number of nitrogens with one attached hydrogen (secondary N) is 1. The molecule has 0 fully saturated rings. The van der Waals surface area contributed by atoms with Crippen LogP contribution in [0.15, 0.2) is 12.1 Å². The van der Waals surface area contributed by atoms with Crippen LogP contribution in [0.3, 0.4) is 0 Å². The summed E-state index contributed by atoms with van der Waals surface area (Å²) in [7, 11) is -1.66. The molecule has 0 bridgehead atoms. The molecule has 0 aliphatic rings. The van der Waals surface area contributed by atoms with Gasteiger partial charge in [0.15, 0.2) is 0 Å². The zero-order valence-corrected chi connectivity index (χ0v) is 9.56. The second kappa shape index (κ2) is 4.14. The van der Waals surface area contributed by atoms with Gasteiger partial charge in [0, 0.05) is 17.9 Å². The number of hydrogen-bond donors (Lipinski definition) is 1. The van der Waals surface area contributed by atoms with E-state index in [1.54, 1.807) is 0 Å². The van der Waals surface area contributed by atoms with Crippen LogP contribution < -0.4 is 4.72 Å². The molecule has 0 aliphatic heterocycles. The van der Waals surface area contributed by atoms with Crippen molar-refractivity contribution in [1.29, 1.82) is 0 Å². The second-order valence-electron chi connectivity index (χ2n) is 3.29. The van der Waals surface area contributed by atoms with E-state index in [9.17, 15) is 8.42 Å². The van der Waals surface area contributed by atoms with E-state index >= 15 is 0 Å². The lowest BCUT2D eigenvalue weighted by molar-refractivity contribution is 0.579. The maximum atomic E-state index is 11.2. The number of sulfonamides is 1. The second-order valence-corrected chi connectivity index (χ2v) is 5.34. The molecular weight excluding hydrogens is 200 g/mol. The summed E-state index contributed by atoms with van der Waals surface area (Å²) in [5, 5.41) is 0. The molecule has 0 saturated heterocycles. The van der Waals surface area contributed by atoms with Gasteiger partial charge in [0.05, 0.1) is 5.75 Å². The molecule has 1 N–H and O–H groups in total. The number of aromatic nitrogens is 1. The van der Waals surface area contributed by atoms with Crippen LogP contribution in [-0.2, 0) is 16.6 Å². The molecule has 0 amide bonds. The van der Waals surface area contributed by atoms with E-state index in [0.717, 1.165) is 11.4 Å². The molecule has 0 radical (unpaired) electrons. The van der Waals surface area contributed by atoms with Crippen LogP contribution in [0, 0.1) is 13.8 Å². The summed E-state index contributed by atoms with van der Waals surface area (Å²) in [6.45, 7) is 4.45. The Morgan fingerprint density at radius 2 is 1.79 bits per heavy atom. The van der Waals surface area contributed by atoms with Gasteiger partial charge in [-0.25, -0.2) is 13.1 Å². The fraction of sp³-hybridized carbons (Fsp3) is 0.556. The predicted molar refractivity (Wildman–Crippen MR) is 56.8 cm³/mol. The van der Waals surface area contributed by atoms with E-state index in [-0.39, 0.29) is 5.75 Å². The molecule has 1 aromatic heterocycles. The maximum Gasteiger partial charge on any atom is 0.213 e. The molecule has 0 saturated carbocycles. The number of nitrogens with zero attached hydrogens (tertiary/aromatic N) is 1. The quantitative estimate of drug-likeness (QED) is 0.803. The van der Waals surface area contributed by atoms with Crippen LogP contribution in [0.4, 0.5) is 0 Å². The summed E-state index contributed by atoms with van der Waals surface area (Å²) in [5.74, 6) is 0.125. The van der Waals surface area contributed by atoms with Crippen molar-refractivity contribution < 1.29 is 8.42 Å². The first kappa shape index (κ1) is 11.3. The Bertz CT molecular complexity index is 387. The highest BCUT2D eigenvalue weighted by atomic mass is 32.2. The van der Waals surface area contributed by atoms with Gasteiger partial charge in [-0.15, -0.1) is 0 Å². The predicted octanol–water partition coefficient (Wildman–Crippen LogP) is 0.654. The molecule has 0 spiro atoms. The number of aryl methyl sites for hydroxylation is 2. The topological polar surface area (TPSA) is 51.1 Å². The monoisotopic (exact) mass is 216 g/mol. The third-order valence-corrected chi connectivity index (χ3v) is 3.65. The molecule has 5 heteroatoms. The van der Waals surface area contributed by atoms with Gasteiger partial charge < -0.3 is 4.57 Å². The van der Waals surface area contributed by atoms with Gasteiger partial charge in [0.2, 0.25) is 10.0 Å². The molecule has 0 unspecified atom stereocenters. The average molecular weight is 216 g/mol. The Kier molecular flexibility index (Phi) is 3.34. The normalized spacial score (nSPS) is 11.9. The van der Waals surface area contributed by atoms with Crippen molar-refractivity contribution in [3.05, 3.63) is 23.5 Å². The minimum absolute atomic E-state index is 0.125. The van der Waals surface area contributed by atoms with Gasteiger partial charge >= 0.3 is 0 Å². The molecule has 0 atom stereocenters. The van der Waals surface area contributed by atoms with Crippen molar-refractivity contribution in [2.75, 3.05) is 12.8 Å². The molecule has 0 aromatic carbocycles. The third kappa shape index (κ3) is 2.59. The Morgan fingerprint density at radius 3 is 2.21 bits per heavy atom. The van der Waals surface area contributed by atoms with Crippen LogP contribution in [0.1, 0.15) is 11.4 Å². The fourth-order valence-corrected chi connectivity index (χ4v) is 1.99. The first-order valence-corrected chi connectivity index (χ1v) is 6.15. The molecule has 14 heavy (non-hydrogen) atoms. The molecule has 1 aromatic rings. The standard InChI is InChI=1S/C9H16N2O2S/c1-8-4-5-9(2)11(8)6-7-14(12,13)10-3/h4-5,10H,6-7H2,1-3H3. The van der Waals surface area contributed by atoms with Gasteiger partial charge in [-0.2, -0.15) is 0 Å². The molecule has 0 aliphatic carbocycles. The lowest BCUT2D eigenvalue weighted by Crippen LogP contribution is -2.25. The summed E-state index contributed by atoms with van der Waals surface area (Å²) in [6, 6.07) is 3.97. The van der Waals surface area contributed by atoms with Crippen LogP contribution in [0.5, 0.6) is 0 Å². The Morgan fingerprint density at radius 1 is 1.29 bits per heavy atom. The minimum atomic E-state index is -3.10. The highest BCUT2D eigenvalue weighted by Gasteiger charge is 2.08. The summed E-state index contributed by atoms with van der Waals surface area (Å²) in [5.41, 5.74) is 2.18. The Balaban J connectivity index is 2.72.